The van der Waals surface area contributed by atoms with Crippen molar-refractivity contribution in [2.45, 2.75) is 74.8 Å². The minimum atomic E-state index is 0.465. The van der Waals surface area contributed by atoms with E-state index in [1.807, 2.05) is 0 Å². The highest BCUT2D eigenvalue weighted by Crippen LogP contribution is 2.38. The zero-order chi connectivity index (χ0) is 26.0. The molecule has 7 rings (SSSR count). The zero-order valence-electron chi connectivity index (χ0n) is 23.0. The van der Waals surface area contributed by atoms with E-state index in [0.717, 1.165) is 26.2 Å². The number of nitrogens with zero attached hydrogens (tertiary/aromatic N) is 3. The number of nitrogens with one attached hydrogen (secondary N) is 2. The van der Waals surface area contributed by atoms with Gasteiger partial charge in [-0.2, -0.15) is 0 Å². The fourth-order valence-corrected chi connectivity index (χ4v) is 8.25. The summed E-state index contributed by atoms with van der Waals surface area (Å²) in [4.78, 5) is 8.47. The largest absolute Gasteiger partial charge is 0.364 e. The van der Waals surface area contributed by atoms with E-state index in [1.54, 1.807) is 0 Å². The van der Waals surface area contributed by atoms with Crippen molar-refractivity contribution in [3.8, 4) is 0 Å². The predicted octanol–water partition coefficient (Wildman–Crippen LogP) is 5.29. The summed E-state index contributed by atoms with van der Waals surface area (Å²) in [6.45, 7) is 4.21. The van der Waals surface area contributed by atoms with Crippen LogP contribution < -0.4 is 25.3 Å². The van der Waals surface area contributed by atoms with Crippen LogP contribution in [0.2, 0.25) is 0 Å². The van der Waals surface area contributed by atoms with Gasteiger partial charge in [0.15, 0.2) is 0 Å². The van der Waals surface area contributed by atoms with E-state index in [0.29, 0.717) is 36.3 Å². The lowest BCUT2D eigenvalue weighted by Gasteiger charge is -2.54. The maximum Gasteiger partial charge on any atom is 0.0438 e. The molecule has 0 aromatic heterocycles. The van der Waals surface area contributed by atoms with Crippen LogP contribution in [0.25, 0.3) is 0 Å². The second kappa shape index (κ2) is 11.2. The predicted molar refractivity (Wildman–Crippen MR) is 163 cm³/mol. The summed E-state index contributed by atoms with van der Waals surface area (Å²) in [7, 11) is 0. The molecule has 0 spiro atoms. The van der Waals surface area contributed by atoms with Gasteiger partial charge in [0.05, 0.1) is 0 Å². The maximum absolute atomic E-state index is 3.91. The molecule has 3 saturated heterocycles. The van der Waals surface area contributed by atoms with Crippen LogP contribution in [0.1, 0.15) is 38.5 Å². The van der Waals surface area contributed by atoms with Gasteiger partial charge in [-0.1, -0.05) is 54.6 Å². The molecule has 6 bridgehead atoms. The fourth-order valence-electron chi connectivity index (χ4n) is 8.25. The first kappa shape index (κ1) is 25.0. The first-order valence-corrected chi connectivity index (χ1v) is 15.3. The van der Waals surface area contributed by atoms with Crippen LogP contribution in [-0.2, 0) is 0 Å². The number of piperidine rings is 2. The standard InChI is InChI=1S/C34H43N5/c1-4-11-26(12-5-1)37-29-17-10-18-30(19-29)38(27-13-6-2-7-14-27)32-21-34(25-36-23-32)39(28-15-8-3-9-16-28)33-20-31(37)22-35-24-33/h1-9,11-16,29-36H,10,17-25H2. The Hall–Kier alpha value is -3.02. The highest BCUT2D eigenvalue weighted by Gasteiger charge is 2.42. The normalized spacial score (nSPS) is 31.2. The van der Waals surface area contributed by atoms with Gasteiger partial charge in [0.2, 0.25) is 0 Å². The molecule has 1 aliphatic carbocycles. The van der Waals surface area contributed by atoms with Crippen LogP contribution in [0.5, 0.6) is 0 Å². The molecule has 3 aromatic rings. The molecule has 1 saturated carbocycles. The lowest BCUT2D eigenvalue weighted by atomic mass is 9.83. The van der Waals surface area contributed by atoms with Crippen LogP contribution in [0.4, 0.5) is 17.1 Å². The molecule has 6 atom stereocenters. The third-order valence-electron chi connectivity index (χ3n) is 9.75. The number of para-hydroxylation sites is 3. The Bertz CT molecular complexity index is 1010. The fraction of sp³-hybridized carbons (Fsp3) is 0.471. The lowest BCUT2D eigenvalue weighted by Crippen LogP contribution is -2.66. The van der Waals surface area contributed by atoms with Gasteiger partial charge >= 0.3 is 0 Å². The van der Waals surface area contributed by atoms with Gasteiger partial charge in [0, 0.05) is 79.5 Å². The molecule has 204 valence electrons. The van der Waals surface area contributed by atoms with Gasteiger partial charge in [0.1, 0.15) is 0 Å². The highest BCUT2D eigenvalue weighted by molar-refractivity contribution is 5.54. The Balaban J connectivity index is 1.35. The SMILES string of the molecule is c1ccc(N2C3CCCC(C3)N(c3ccccc3)C3CNCC(C3)N(c3ccccc3)C3CNCC2C3)cc1. The molecule has 6 unspecified atom stereocenters. The molecule has 0 amide bonds. The third kappa shape index (κ3) is 5.03. The number of hydrogen-bond acceptors (Lipinski definition) is 5. The van der Waals surface area contributed by atoms with Crippen molar-refractivity contribution in [1.82, 2.24) is 10.6 Å². The molecule has 39 heavy (non-hydrogen) atoms. The zero-order valence-corrected chi connectivity index (χ0v) is 23.0. The number of hydrogen-bond donors (Lipinski definition) is 2. The Morgan fingerprint density at radius 2 is 0.718 bits per heavy atom. The molecular formula is C34H43N5. The molecule has 3 aromatic carbocycles. The first-order chi connectivity index (χ1) is 19.3. The van der Waals surface area contributed by atoms with Crippen molar-refractivity contribution >= 4 is 17.1 Å². The molecule has 0 radical (unpaired) electrons. The van der Waals surface area contributed by atoms with Crippen molar-refractivity contribution in [1.29, 1.82) is 0 Å². The van der Waals surface area contributed by atoms with Gasteiger partial charge in [0.25, 0.3) is 0 Å². The van der Waals surface area contributed by atoms with Crippen molar-refractivity contribution in [3.05, 3.63) is 91.0 Å². The summed E-state index contributed by atoms with van der Waals surface area (Å²) < 4.78 is 0. The Labute approximate surface area is 234 Å². The van der Waals surface area contributed by atoms with Gasteiger partial charge in [-0.25, -0.2) is 0 Å². The maximum atomic E-state index is 3.91. The van der Waals surface area contributed by atoms with Crippen LogP contribution in [0.15, 0.2) is 91.0 Å². The second-order valence-electron chi connectivity index (χ2n) is 12.1. The van der Waals surface area contributed by atoms with Gasteiger partial charge in [-0.3, -0.25) is 0 Å². The summed E-state index contributed by atoms with van der Waals surface area (Å²) in [5.41, 5.74) is 4.16. The van der Waals surface area contributed by atoms with E-state index in [1.165, 1.54) is 55.6 Å². The van der Waals surface area contributed by atoms with E-state index in [4.69, 9.17) is 0 Å². The Morgan fingerprint density at radius 3 is 1.08 bits per heavy atom. The first-order valence-electron chi connectivity index (χ1n) is 15.3. The Morgan fingerprint density at radius 1 is 0.410 bits per heavy atom. The summed E-state index contributed by atoms with van der Waals surface area (Å²) >= 11 is 0. The topological polar surface area (TPSA) is 33.8 Å². The van der Waals surface area contributed by atoms with E-state index in [2.05, 4.69) is 116 Å². The van der Waals surface area contributed by atoms with E-state index in [9.17, 15) is 0 Å². The van der Waals surface area contributed by atoms with Crippen LogP contribution in [0.3, 0.4) is 0 Å². The molecule has 5 heteroatoms. The number of anilines is 3. The van der Waals surface area contributed by atoms with Gasteiger partial charge in [-0.05, 0) is 74.9 Å². The minimum absolute atomic E-state index is 0.465. The highest BCUT2D eigenvalue weighted by atomic mass is 15.3. The second-order valence-corrected chi connectivity index (χ2v) is 12.1. The van der Waals surface area contributed by atoms with E-state index in [-0.39, 0.29) is 0 Å². The summed E-state index contributed by atoms with van der Waals surface area (Å²) in [5, 5.41) is 7.81. The molecule has 3 aliphatic heterocycles. The van der Waals surface area contributed by atoms with E-state index < -0.39 is 0 Å². The summed E-state index contributed by atoms with van der Waals surface area (Å²) in [6, 6.07) is 36.9. The van der Waals surface area contributed by atoms with Crippen molar-refractivity contribution in [2.75, 3.05) is 40.9 Å². The third-order valence-corrected chi connectivity index (χ3v) is 9.75. The molecule has 5 nitrogen and oxygen atoms in total. The number of rotatable bonds is 3. The van der Waals surface area contributed by atoms with Gasteiger partial charge in [-0.15, -0.1) is 0 Å². The summed E-state index contributed by atoms with van der Waals surface area (Å²) in [5.74, 6) is 0. The average Bonchev–Trinajstić information content (AvgIpc) is 3.00. The smallest absolute Gasteiger partial charge is 0.0438 e. The number of benzene rings is 3. The monoisotopic (exact) mass is 521 g/mol. The molecule has 2 N–H and O–H groups in total. The van der Waals surface area contributed by atoms with Crippen LogP contribution in [0, 0.1) is 0 Å². The Kier molecular flexibility index (Phi) is 7.19. The summed E-state index contributed by atoms with van der Waals surface area (Å²) in [6.07, 6.45) is 7.48. The van der Waals surface area contributed by atoms with Gasteiger partial charge < -0.3 is 25.3 Å². The van der Waals surface area contributed by atoms with E-state index >= 15 is 0 Å². The minimum Gasteiger partial charge on any atom is -0.364 e. The average molecular weight is 522 g/mol. The quantitative estimate of drug-likeness (QED) is 0.489. The molecule has 4 aliphatic rings. The molecule has 4 fully saturated rings. The lowest BCUT2D eigenvalue weighted by molar-refractivity contribution is 0.256. The molecule has 3 heterocycles. The van der Waals surface area contributed by atoms with Crippen molar-refractivity contribution in [2.24, 2.45) is 0 Å². The van der Waals surface area contributed by atoms with Crippen LogP contribution >= 0.6 is 0 Å². The van der Waals surface area contributed by atoms with Crippen molar-refractivity contribution < 1.29 is 0 Å². The van der Waals surface area contributed by atoms with Crippen LogP contribution in [-0.4, -0.2) is 62.4 Å². The number of fused-ring (bicyclic) bond motifs is 6. The molecular weight excluding hydrogens is 478 g/mol. The van der Waals surface area contributed by atoms with Crippen molar-refractivity contribution in [3.63, 3.8) is 0 Å².